The summed E-state index contributed by atoms with van der Waals surface area (Å²) in [4.78, 5) is 15.1. The molecule has 5 heteroatoms. The molecule has 3 rings (SSSR count). The van der Waals surface area contributed by atoms with Crippen molar-refractivity contribution in [3.8, 4) is 0 Å². The summed E-state index contributed by atoms with van der Waals surface area (Å²) in [6.45, 7) is 0.697. The summed E-state index contributed by atoms with van der Waals surface area (Å²) in [5.41, 5.74) is 1.95. The molecule has 0 spiro atoms. The summed E-state index contributed by atoms with van der Waals surface area (Å²) in [5.74, 6) is 0. The zero-order chi connectivity index (χ0) is 13.9. The van der Waals surface area contributed by atoms with Crippen LogP contribution in [0.5, 0.6) is 0 Å². The molecule has 0 aromatic heterocycles. The minimum Gasteiger partial charge on any atom is -0.368 e. The van der Waals surface area contributed by atoms with Gasteiger partial charge in [0.1, 0.15) is 6.10 Å². The number of hydrogen-bond donors (Lipinski definition) is 0. The molecule has 5 nitrogen and oxygen atoms in total. The van der Waals surface area contributed by atoms with Crippen LogP contribution >= 0.6 is 0 Å². The molecular formula is C15H18N2O3. The maximum absolute atomic E-state index is 10.9. The molecule has 1 aliphatic heterocycles. The van der Waals surface area contributed by atoms with E-state index < -0.39 is 0 Å². The number of rotatable bonds is 4. The van der Waals surface area contributed by atoms with Gasteiger partial charge in [-0.2, -0.15) is 0 Å². The van der Waals surface area contributed by atoms with Crippen LogP contribution in [0.2, 0.25) is 0 Å². The Bertz CT molecular complexity index is 532. The number of non-ortho nitro benzene ring substituents is 1. The second kappa shape index (κ2) is 5.71. The minimum absolute atomic E-state index is 0.0867. The van der Waals surface area contributed by atoms with Gasteiger partial charge in [0.25, 0.3) is 5.69 Å². The van der Waals surface area contributed by atoms with Crippen LogP contribution in [0.25, 0.3) is 0 Å². The first kappa shape index (κ1) is 13.2. The maximum Gasteiger partial charge on any atom is 0.270 e. The second-order valence-electron chi connectivity index (χ2n) is 5.46. The summed E-state index contributed by atoms with van der Waals surface area (Å²) >= 11 is 0. The number of benzene rings is 1. The molecule has 1 saturated heterocycles. The molecule has 1 atom stereocenters. The fourth-order valence-electron chi connectivity index (χ4n) is 2.72. The van der Waals surface area contributed by atoms with E-state index in [0.29, 0.717) is 12.6 Å². The quantitative estimate of drug-likeness (QED) is 0.365. The normalized spacial score (nSPS) is 23.1. The van der Waals surface area contributed by atoms with Gasteiger partial charge in [0, 0.05) is 30.0 Å². The van der Waals surface area contributed by atoms with Crippen molar-refractivity contribution >= 4 is 11.9 Å². The van der Waals surface area contributed by atoms with E-state index in [1.165, 1.54) is 25.3 Å². The predicted molar refractivity (Wildman–Crippen MR) is 76.3 cm³/mol. The van der Waals surface area contributed by atoms with E-state index in [0.717, 1.165) is 24.0 Å². The standard InChI is InChI=1S/C15H18N2O3/c18-17(19)13-6-7-14(15-10-20-15)11(8-13)9-16-12-4-2-1-3-5-12/h6-9,12,15H,1-5,10H2. The summed E-state index contributed by atoms with van der Waals surface area (Å²) in [6, 6.07) is 5.30. The molecule has 1 unspecified atom stereocenters. The van der Waals surface area contributed by atoms with Crippen molar-refractivity contribution in [3.05, 3.63) is 39.4 Å². The highest BCUT2D eigenvalue weighted by atomic mass is 16.6. The first-order valence-corrected chi connectivity index (χ1v) is 7.17. The highest BCUT2D eigenvalue weighted by Gasteiger charge is 2.28. The van der Waals surface area contributed by atoms with Crippen LogP contribution in [0.3, 0.4) is 0 Å². The fourth-order valence-corrected chi connectivity index (χ4v) is 2.72. The summed E-state index contributed by atoms with van der Waals surface area (Å²) in [6.07, 6.45) is 7.90. The van der Waals surface area contributed by atoms with Gasteiger partial charge in [0.15, 0.2) is 0 Å². The van der Waals surface area contributed by atoms with Gasteiger partial charge < -0.3 is 4.74 Å². The Hall–Kier alpha value is -1.75. The van der Waals surface area contributed by atoms with E-state index >= 15 is 0 Å². The lowest BCUT2D eigenvalue weighted by Gasteiger charge is -2.17. The molecule has 0 N–H and O–H groups in total. The monoisotopic (exact) mass is 274 g/mol. The van der Waals surface area contributed by atoms with Crippen molar-refractivity contribution in [2.45, 2.75) is 44.2 Å². The highest BCUT2D eigenvalue weighted by Crippen LogP contribution is 2.33. The molecule has 20 heavy (non-hydrogen) atoms. The van der Waals surface area contributed by atoms with Gasteiger partial charge in [-0.15, -0.1) is 0 Å². The molecule has 1 aliphatic carbocycles. The summed E-state index contributed by atoms with van der Waals surface area (Å²) in [5, 5.41) is 10.9. The number of hydrogen-bond acceptors (Lipinski definition) is 4. The van der Waals surface area contributed by atoms with Crippen molar-refractivity contribution in [3.63, 3.8) is 0 Å². The van der Waals surface area contributed by atoms with E-state index in [2.05, 4.69) is 4.99 Å². The molecule has 0 bridgehead atoms. The Balaban J connectivity index is 1.83. The first-order chi connectivity index (χ1) is 9.74. The van der Waals surface area contributed by atoms with Crippen LogP contribution in [-0.4, -0.2) is 23.8 Å². The third-order valence-electron chi connectivity index (χ3n) is 3.96. The van der Waals surface area contributed by atoms with Gasteiger partial charge in [0.05, 0.1) is 11.5 Å². The molecule has 1 heterocycles. The van der Waals surface area contributed by atoms with E-state index in [9.17, 15) is 10.1 Å². The van der Waals surface area contributed by atoms with Crippen molar-refractivity contribution < 1.29 is 9.66 Å². The SMILES string of the molecule is O=[N+]([O-])c1ccc(C2CO2)c(C=NC2CCCCC2)c1. The van der Waals surface area contributed by atoms with Crippen molar-refractivity contribution in [2.24, 2.45) is 4.99 Å². The summed E-state index contributed by atoms with van der Waals surface area (Å²) < 4.78 is 5.30. The van der Waals surface area contributed by atoms with Gasteiger partial charge >= 0.3 is 0 Å². The van der Waals surface area contributed by atoms with Crippen LogP contribution in [0, 0.1) is 10.1 Å². The van der Waals surface area contributed by atoms with Crippen LogP contribution in [-0.2, 0) is 4.74 Å². The molecule has 0 amide bonds. The second-order valence-corrected chi connectivity index (χ2v) is 5.46. The largest absolute Gasteiger partial charge is 0.368 e. The van der Waals surface area contributed by atoms with Gasteiger partial charge in [-0.3, -0.25) is 15.1 Å². The average Bonchev–Trinajstić information content (AvgIpc) is 3.30. The predicted octanol–water partition coefficient (Wildman–Crippen LogP) is 3.42. The Labute approximate surface area is 117 Å². The lowest BCUT2D eigenvalue weighted by molar-refractivity contribution is -0.384. The van der Waals surface area contributed by atoms with Gasteiger partial charge in [-0.1, -0.05) is 19.3 Å². The van der Waals surface area contributed by atoms with E-state index in [1.807, 2.05) is 0 Å². The Kier molecular flexibility index (Phi) is 3.78. The lowest BCUT2D eigenvalue weighted by atomic mass is 9.96. The third-order valence-corrected chi connectivity index (χ3v) is 3.96. The Morgan fingerprint density at radius 3 is 2.70 bits per heavy atom. The van der Waals surface area contributed by atoms with Gasteiger partial charge in [-0.05, 0) is 24.5 Å². The van der Waals surface area contributed by atoms with E-state index in [-0.39, 0.29) is 16.7 Å². The highest BCUT2D eigenvalue weighted by molar-refractivity contribution is 5.83. The third kappa shape index (κ3) is 3.04. The molecule has 2 aliphatic rings. The molecular weight excluding hydrogens is 256 g/mol. The van der Waals surface area contributed by atoms with Crippen molar-refractivity contribution in [1.82, 2.24) is 0 Å². The number of nitro groups is 1. The maximum atomic E-state index is 10.9. The van der Waals surface area contributed by atoms with Crippen LogP contribution in [0.4, 0.5) is 5.69 Å². The molecule has 106 valence electrons. The number of nitrogens with zero attached hydrogens (tertiary/aromatic N) is 2. The first-order valence-electron chi connectivity index (χ1n) is 7.17. The number of nitro benzene ring substituents is 1. The zero-order valence-electron chi connectivity index (χ0n) is 11.3. The van der Waals surface area contributed by atoms with E-state index in [4.69, 9.17) is 4.74 Å². The zero-order valence-corrected chi connectivity index (χ0v) is 11.3. The Morgan fingerprint density at radius 1 is 1.30 bits per heavy atom. The van der Waals surface area contributed by atoms with Crippen molar-refractivity contribution in [2.75, 3.05) is 6.61 Å². The molecule has 1 aromatic rings. The molecule has 1 aromatic carbocycles. The molecule has 1 saturated carbocycles. The van der Waals surface area contributed by atoms with Gasteiger partial charge in [-0.25, -0.2) is 0 Å². The Morgan fingerprint density at radius 2 is 2.05 bits per heavy atom. The van der Waals surface area contributed by atoms with Crippen molar-refractivity contribution in [1.29, 1.82) is 0 Å². The topological polar surface area (TPSA) is 68.0 Å². The van der Waals surface area contributed by atoms with E-state index in [1.54, 1.807) is 18.3 Å². The number of ether oxygens (including phenoxy) is 1. The fraction of sp³-hybridized carbons (Fsp3) is 0.533. The molecule has 0 radical (unpaired) electrons. The van der Waals surface area contributed by atoms with Gasteiger partial charge in [0.2, 0.25) is 0 Å². The average molecular weight is 274 g/mol. The summed E-state index contributed by atoms with van der Waals surface area (Å²) in [7, 11) is 0. The lowest BCUT2D eigenvalue weighted by Crippen LogP contribution is -2.10. The smallest absolute Gasteiger partial charge is 0.270 e. The van der Waals surface area contributed by atoms with Crippen LogP contribution in [0.15, 0.2) is 23.2 Å². The number of aliphatic imine (C=N–C) groups is 1. The number of epoxide rings is 1. The molecule has 2 fully saturated rings. The van der Waals surface area contributed by atoms with Crippen LogP contribution < -0.4 is 0 Å². The minimum atomic E-state index is -0.366. The van der Waals surface area contributed by atoms with Crippen LogP contribution in [0.1, 0.15) is 49.3 Å².